The number of carbonyl (C=O) groups is 2. The molecule has 2 saturated heterocycles. The number of ether oxygens (including phenoxy) is 1. The maximum Gasteiger partial charge on any atom is 0.437 e. The summed E-state index contributed by atoms with van der Waals surface area (Å²) in [6, 6.07) is 9.78. The number of rotatable bonds is 1. The molecule has 0 aromatic heterocycles. The van der Waals surface area contributed by atoms with Gasteiger partial charge >= 0.3 is 6.09 Å². The van der Waals surface area contributed by atoms with E-state index < -0.39 is 17.2 Å². The van der Waals surface area contributed by atoms with E-state index in [2.05, 4.69) is 15.6 Å². The summed E-state index contributed by atoms with van der Waals surface area (Å²) in [5.74, 6) is -0.129. The van der Waals surface area contributed by atoms with Crippen molar-refractivity contribution >= 4 is 18.0 Å². The van der Waals surface area contributed by atoms with Gasteiger partial charge in [-0.2, -0.15) is 0 Å². The molecular weight excluding hydrogens is 320 g/mol. The lowest BCUT2D eigenvalue weighted by molar-refractivity contribution is -0.133. The Bertz CT molecular complexity index is 711. The molecule has 0 aliphatic carbocycles. The van der Waals surface area contributed by atoms with Gasteiger partial charge in [-0.3, -0.25) is 9.69 Å². The van der Waals surface area contributed by atoms with Gasteiger partial charge in [0.1, 0.15) is 5.60 Å². The van der Waals surface area contributed by atoms with Crippen molar-refractivity contribution in [3.05, 3.63) is 35.9 Å². The molecule has 0 spiro atoms. The minimum Gasteiger partial charge on any atom is -0.442 e. The van der Waals surface area contributed by atoms with Gasteiger partial charge in [0.05, 0.1) is 11.5 Å². The van der Waals surface area contributed by atoms with Crippen molar-refractivity contribution in [2.45, 2.75) is 31.9 Å². The van der Waals surface area contributed by atoms with Gasteiger partial charge < -0.3 is 15.4 Å². The molecule has 2 aliphatic heterocycles. The third-order valence-electron chi connectivity index (χ3n) is 4.51. The van der Waals surface area contributed by atoms with Crippen molar-refractivity contribution < 1.29 is 14.3 Å². The Balaban J connectivity index is 1.97. The predicted octanol–water partition coefficient (Wildman–Crippen LogP) is 1.45. The second-order valence-electron chi connectivity index (χ2n) is 7.46. The highest BCUT2D eigenvalue weighted by atomic mass is 16.6. The largest absolute Gasteiger partial charge is 0.442 e. The Morgan fingerprint density at radius 3 is 2.64 bits per heavy atom. The van der Waals surface area contributed by atoms with Crippen molar-refractivity contribution in [3.8, 4) is 0 Å². The second-order valence-corrected chi connectivity index (χ2v) is 7.46. The van der Waals surface area contributed by atoms with Crippen LogP contribution in [0.25, 0.3) is 0 Å². The minimum atomic E-state index is -0.720. The summed E-state index contributed by atoms with van der Waals surface area (Å²) in [5.41, 5.74) is -0.276. The first kappa shape index (κ1) is 17.4. The van der Waals surface area contributed by atoms with E-state index in [0.29, 0.717) is 13.1 Å². The van der Waals surface area contributed by atoms with Gasteiger partial charge in [-0.25, -0.2) is 4.79 Å². The Morgan fingerprint density at radius 2 is 2.00 bits per heavy atom. The fraction of sp³-hybridized carbons (Fsp3) is 0.500. The molecule has 2 atom stereocenters. The maximum atomic E-state index is 12.9. The van der Waals surface area contributed by atoms with Gasteiger partial charge in [0, 0.05) is 20.1 Å². The topological polar surface area (TPSA) is 83.0 Å². The smallest absolute Gasteiger partial charge is 0.437 e. The van der Waals surface area contributed by atoms with Crippen molar-refractivity contribution in [1.82, 2.24) is 15.5 Å². The van der Waals surface area contributed by atoms with Gasteiger partial charge in [0.15, 0.2) is 0 Å². The number of hydrogen-bond acceptors (Lipinski definition) is 4. The lowest BCUT2D eigenvalue weighted by atomic mass is 9.78. The van der Waals surface area contributed by atoms with Gasteiger partial charge in [-0.1, -0.05) is 30.3 Å². The van der Waals surface area contributed by atoms with E-state index >= 15 is 0 Å². The summed E-state index contributed by atoms with van der Waals surface area (Å²) >= 11 is 0. The van der Waals surface area contributed by atoms with E-state index in [0.717, 1.165) is 5.56 Å². The summed E-state index contributed by atoms with van der Waals surface area (Å²) in [6.07, 6.45) is -0.720. The molecule has 134 valence electrons. The highest BCUT2D eigenvalue weighted by Gasteiger charge is 2.53. The third-order valence-corrected chi connectivity index (χ3v) is 4.51. The normalized spacial score (nSPS) is 27.8. The molecule has 1 aromatic carbocycles. The predicted molar refractivity (Wildman–Crippen MR) is 94.1 cm³/mol. The van der Waals surface area contributed by atoms with Crippen LogP contribution < -0.4 is 10.6 Å². The monoisotopic (exact) mass is 344 g/mol. The summed E-state index contributed by atoms with van der Waals surface area (Å²) in [5, 5.41) is 6.62. The molecule has 0 saturated carbocycles. The van der Waals surface area contributed by atoms with Crippen LogP contribution in [0.5, 0.6) is 0 Å². The number of aliphatic imine (C=N–C) groups is 1. The van der Waals surface area contributed by atoms with Crippen LogP contribution in [-0.2, 0) is 15.1 Å². The van der Waals surface area contributed by atoms with Crippen LogP contribution in [0.4, 0.5) is 4.79 Å². The molecule has 7 nitrogen and oxygen atoms in total. The molecule has 3 rings (SSSR count). The molecule has 2 amide bonds. The molecule has 0 unspecified atom stereocenters. The van der Waals surface area contributed by atoms with Crippen molar-refractivity contribution in [2.75, 3.05) is 20.1 Å². The lowest BCUT2D eigenvalue weighted by Crippen LogP contribution is -2.65. The highest BCUT2D eigenvalue weighted by molar-refractivity contribution is 6.05. The SMILES string of the molecule is CN1C(=O)[C@@H]2CNC[C@]2(c2ccccc2)N/C1=N/C(=O)OC(C)(C)C. The molecule has 1 aromatic rings. The van der Waals surface area contributed by atoms with E-state index in [1.54, 1.807) is 27.8 Å². The van der Waals surface area contributed by atoms with Crippen LogP contribution in [0.3, 0.4) is 0 Å². The second kappa shape index (κ2) is 6.15. The van der Waals surface area contributed by atoms with Crippen molar-refractivity contribution in [1.29, 1.82) is 0 Å². The van der Waals surface area contributed by atoms with Gasteiger partial charge in [-0.15, -0.1) is 4.99 Å². The van der Waals surface area contributed by atoms with E-state index in [1.165, 1.54) is 4.90 Å². The van der Waals surface area contributed by atoms with Crippen LogP contribution in [0.15, 0.2) is 35.3 Å². The molecule has 7 heteroatoms. The molecule has 0 radical (unpaired) electrons. The number of fused-ring (bicyclic) bond motifs is 1. The van der Waals surface area contributed by atoms with Crippen LogP contribution in [0, 0.1) is 5.92 Å². The number of amides is 2. The molecule has 25 heavy (non-hydrogen) atoms. The summed E-state index contributed by atoms with van der Waals surface area (Å²) in [4.78, 5) is 30.4. The molecule has 2 N–H and O–H groups in total. The third kappa shape index (κ3) is 3.24. The van der Waals surface area contributed by atoms with Crippen LogP contribution >= 0.6 is 0 Å². The van der Waals surface area contributed by atoms with Crippen molar-refractivity contribution in [3.63, 3.8) is 0 Å². The van der Waals surface area contributed by atoms with E-state index in [1.807, 2.05) is 30.3 Å². The quantitative estimate of drug-likeness (QED) is 0.806. The average molecular weight is 344 g/mol. The molecular formula is C18H24N4O3. The van der Waals surface area contributed by atoms with E-state index in [-0.39, 0.29) is 17.8 Å². The number of guanidine groups is 1. The number of nitrogens with zero attached hydrogens (tertiary/aromatic N) is 2. The molecule has 2 aliphatic rings. The number of nitrogens with one attached hydrogen (secondary N) is 2. The van der Waals surface area contributed by atoms with Crippen LogP contribution in [-0.4, -0.2) is 48.6 Å². The van der Waals surface area contributed by atoms with Crippen molar-refractivity contribution in [2.24, 2.45) is 10.9 Å². The zero-order valence-corrected chi connectivity index (χ0v) is 15.0. The highest BCUT2D eigenvalue weighted by Crippen LogP contribution is 2.37. The Kier molecular flexibility index (Phi) is 4.28. The fourth-order valence-electron chi connectivity index (χ4n) is 3.35. The summed E-state index contributed by atoms with van der Waals surface area (Å²) in [6.45, 7) is 6.48. The number of carbonyl (C=O) groups excluding carboxylic acids is 2. The van der Waals surface area contributed by atoms with E-state index in [9.17, 15) is 9.59 Å². The molecule has 2 fully saturated rings. The van der Waals surface area contributed by atoms with Gasteiger partial charge in [0.25, 0.3) is 0 Å². The van der Waals surface area contributed by atoms with E-state index in [4.69, 9.17) is 4.74 Å². The Labute approximate surface area is 147 Å². The maximum absolute atomic E-state index is 12.9. The Hall–Kier alpha value is -2.41. The van der Waals surface area contributed by atoms with Crippen LogP contribution in [0.2, 0.25) is 0 Å². The Morgan fingerprint density at radius 1 is 1.32 bits per heavy atom. The first-order valence-corrected chi connectivity index (χ1v) is 8.37. The van der Waals surface area contributed by atoms with Crippen LogP contribution in [0.1, 0.15) is 26.3 Å². The standard InChI is InChI=1S/C18H24N4O3/c1-17(2,3)25-16(24)20-15-21-18(12-8-6-5-7-9-12)11-19-10-13(18)14(23)22(15)4/h5-9,13,19H,10-11H2,1-4H3,(H,20,21,24)/t13-,18+/m0/s1. The minimum absolute atomic E-state index is 0.0742. The zero-order valence-electron chi connectivity index (χ0n) is 15.0. The summed E-state index contributed by atoms with van der Waals surface area (Å²) < 4.78 is 5.25. The number of benzene rings is 1. The first-order valence-electron chi connectivity index (χ1n) is 8.37. The zero-order chi connectivity index (χ0) is 18.2. The molecule has 0 bridgehead atoms. The average Bonchev–Trinajstić information content (AvgIpc) is 2.96. The summed E-state index contributed by atoms with van der Waals surface area (Å²) in [7, 11) is 1.62. The van der Waals surface area contributed by atoms with Gasteiger partial charge in [0.2, 0.25) is 11.9 Å². The first-order chi connectivity index (χ1) is 11.7. The number of hydrogen-bond donors (Lipinski definition) is 2. The van der Waals surface area contributed by atoms with Gasteiger partial charge in [-0.05, 0) is 26.3 Å². The lowest BCUT2D eigenvalue weighted by Gasteiger charge is -2.43. The molecule has 2 heterocycles. The fourth-order valence-corrected chi connectivity index (χ4v) is 3.35.